The number of carbonyl (C=O) groups is 1. The van der Waals surface area contributed by atoms with E-state index in [2.05, 4.69) is 9.97 Å². The van der Waals surface area contributed by atoms with Crippen molar-refractivity contribution in [1.82, 2.24) is 14.9 Å². The van der Waals surface area contributed by atoms with E-state index in [9.17, 15) is 18.3 Å². The minimum atomic E-state index is -3.72. The molecule has 0 aliphatic carbocycles. The Morgan fingerprint density at radius 3 is 2.57 bits per heavy atom. The number of aromatic amines is 1. The number of aromatic nitrogens is 2. The second-order valence-electron chi connectivity index (χ2n) is 8.50. The molecule has 190 valence electrons. The Hall–Kier alpha value is -3.73. The predicted molar refractivity (Wildman–Crippen MR) is 148 cm³/mol. The van der Waals surface area contributed by atoms with Gasteiger partial charge in [0.05, 0.1) is 17.9 Å². The number of rotatable bonds is 8. The number of likely N-dealkylation sites (N-methyl/N-ethyl adjacent to an activating group) is 1. The summed E-state index contributed by atoms with van der Waals surface area (Å²) in [4.78, 5) is 23.0. The molecule has 10 heteroatoms. The molecule has 3 heterocycles. The van der Waals surface area contributed by atoms with Crippen LogP contribution in [0.25, 0.3) is 33.1 Å². The molecule has 1 amide bonds. The van der Waals surface area contributed by atoms with Crippen LogP contribution in [0, 0.1) is 0 Å². The number of thiophene rings is 1. The lowest BCUT2D eigenvalue weighted by Gasteiger charge is -2.22. The van der Waals surface area contributed by atoms with E-state index in [1.165, 1.54) is 22.7 Å². The van der Waals surface area contributed by atoms with Gasteiger partial charge in [-0.3, -0.25) is 9.10 Å². The van der Waals surface area contributed by atoms with Crippen molar-refractivity contribution in [3.63, 3.8) is 0 Å². The van der Waals surface area contributed by atoms with Crippen molar-refractivity contribution < 1.29 is 18.3 Å². The molecule has 0 saturated heterocycles. The first-order chi connectivity index (χ1) is 17.9. The molecule has 5 aromatic rings. The Labute approximate surface area is 218 Å². The Bertz CT molecular complexity index is 1680. The number of aliphatic hydroxyl groups is 1. The van der Waals surface area contributed by atoms with Crippen LogP contribution in [0.5, 0.6) is 0 Å². The van der Waals surface area contributed by atoms with Gasteiger partial charge in [-0.1, -0.05) is 36.4 Å². The van der Waals surface area contributed by atoms with Gasteiger partial charge < -0.3 is 15.0 Å². The maximum atomic E-state index is 13.6. The molecule has 2 aromatic carbocycles. The zero-order valence-electron chi connectivity index (χ0n) is 20.4. The summed E-state index contributed by atoms with van der Waals surface area (Å²) in [5.74, 6) is -0.229. The molecule has 5 rings (SSSR count). The quantitative estimate of drug-likeness (QED) is 0.300. The van der Waals surface area contributed by atoms with Crippen LogP contribution in [0.3, 0.4) is 0 Å². The van der Waals surface area contributed by atoms with Gasteiger partial charge in [-0.25, -0.2) is 13.4 Å². The summed E-state index contributed by atoms with van der Waals surface area (Å²) in [7, 11) is -2.18. The average molecular weight is 535 g/mol. The zero-order chi connectivity index (χ0) is 26.2. The Morgan fingerprint density at radius 2 is 1.89 bits per heavy atom. The molecule has 2 N–H and O–H groups in total. The number of nitrogens with one attached hydrogen (secondary N) is 1. The molecule has 0 fully saturated rings. The van der Waals surface area contributed by atoms with Crippen molar-refractivity contribution >= 4 is 54.9 Å². The molecular formula is C27H26N4O4S2. The fraction of sp³-hybridized carbons (Fsp3) is 0.185. The van der Waals surface area contributed by atoms with Crippen LogP contribution in [-0.4, -0.2) is 61.0 Å². The topological polar surface area (TPSA) is 107 Å². The zero-order valence-corrected chi connectivity index (χ0v) is 22.0. The maximum Gasteiger partial charge on any atom is 0.273 e. The van der Waals surface area contributed by atoms with Crippen molar-refractivity contribution in [3.8, 4) is 11.1 Å². The standard InChI is InChI=1S/C27H26N4O4S2/c1-3-31(13-14-32)27(33)21-17-28-26-25(24(21)18-8-5-4-6-9-18)20-16-19(11-12-22(20)29-26)30(2)37(34,35)23-10-7-15-36-23/h4-12,15-17,32H,3,13-14H2,1-2H3,(H,28,29). The largest absolute Gasteiger partial charge is 0.395 e. The smallest absolute Gasteiger partial charge is 0.273 e. The maximum absolute atomic E-state index is 13.6. The normalized spacial score (nSPS) is 11.8. The first kappa shape index (κ1) is 24.9. The van der Waals surface area contributed by atoms with Crippen LogP contribution in [0.2, 0.25) is 0 Å². The van der Waals surface area contributed by atoms with Crippen LogP contribution in [0.4, 0.5) is 5.69 Å². The fourth-order valence-electron chi connectivity index (χ4n) is 4.48. The Morgan fingerprint density at radius 1 is 1.11 bits per heavy atom. The van der Waals surface area contributed by atoms with Crippen molar-refractivity contribution in [1.29, 1.82) is 0 Å². The van der Waals surface area contributed by atoms with E-state index in [4.69, 9.17) is 0 Å². The summed E-state index contributed by atoms with van der Waals surface area (Å²) < 4.78 is 27.9. The summed E-state index contributed by atoms with van der Waals surface area (Å²) in [6.07, 6.45) is 1.57. The number of anilines is 1. The molecule has 0 aliphatic rings. The highest BCUT2D eigenvalue weighted by Crippen LogP contribution is 2.38. The van der Waals surface area contributed by atoms with Crippen molar-refractivity contribution in [2.75, 3.05) is 31.0 Å². The van der Waals surface area contributed by atoms with Crippen molar-refractivity contribution in [2.45, 2.75) is 11.1 Å². The summed E-state index contributed by atoms with van der Waals surface area (Å²) in [5.41, 5.74) is 3.82. The summed E-state index contributed by atoms with van der Waals surface area (Å²) in [5, 5.41) is 12.7. The molecule has 0 unspecified atom stereocenters. The van der Waals surface area contributed by atoms with Crippen molar-refractivity contribution in [2.24, 2.45) is 0 Å². The summed E-state index contributed by atoms with van der Waals surface area (Å²) in [6, 6.07) is 18.3. The molecular weight excluding hydrogens is 508 g/mol. The molecule has 8 nitrogen and oxygen atoms in total. The van der Waals surface area contributed by atoms with E-state index in [-0.39, 0.29) is 23.3 Å². The van der Waals surface area contributed by atoms with Crippen LogP contribution < -0.4 is 4.31 Å². The van der Waals surface area contributed by atoms with E-state index in [0.29, 0.717) is 29.0 Å². The van der Waals surface area contributed by atoms with Gasteiger partial charge in [0.2, 0.25) is 0 Å². The van der Waals surface area contributed by atoms with Crippen LogP contribution >= 0.6 is 11.3 Å². The van der Waals surface area contributed by atoms with E-state index in [1.54, 1.807) is 34.7 Å². The molecule has 0 bridgehead atoms. The van der Waals surface area contributed by atoms with E-state index in [1.807, 2.05) is 49.4 Å². The van der Waals surface area contributed by atoms with Gasteiger partial charge in [0, 0.05) is 48.2 Å². The number of amides is 1. The highest BCUT2D eigenvalue weighted by atomic mass is 32.2. The average Bonchev–Trinajstić information content (AvgIpc) is 3.59. The number of carbonyl (C=O) groups excluding carboxylic acids is 1. The number of aliphatic hydroxyl groups excluding tert-OH is 1. The first-order valence-electron chi connectivity index (χ1n) is 11.8. The number of hydrogen-bond acceptors (Lipinski definition) is 6. The van der Waals surface area contributed by atoms with Gasteiger partial charge in [0.1, 0.15) is 9.86 Å². The second kappa shape index (κ2) is 9.97. The van der Waals surface area contributed by atoms with Gasteiger partial charge in [-0.2, -0.15) is 0 Å². The lowest BCUT2D eigenvalue weighted by Crippen LogP contribution is -2.33. The second-order valence-corrected chi connectivity index (χ2v) is 11.6. The van der Waals surface area contributed by atoms with Gasteiger partial charge in [-0.15, -0.1) is 11.3 Å². The summed E-state index contributed by atoms with van der Waals surface area (Å²) in [6.45, 7) is 2.38. The molecule has 0 aliphatic heterocycles. The monoisotopic (exact) mass is 534 g/mol. The van der Waals surface area contributed by atoms with E-state index < -0.39 is 10.0 Å². The lowest BCUT2D eigenvalue weighted by molar-refractivity contribution is 0.0732. The third-order valence-electron chi connectivity index (χ3n) is 6.41. The number of H-pyrrole nitrogens is 1. The number of pyridine rings is 1. The number of fused-ring (bicyclic) bond motifs is 3. The number of benzene rings is 2. The Balaban J connectivity index is 1.76. The van der Waals surface area contributed by atoms with Crippen LogP contribution in [0.1, 0.15) is 17.3 Å². The van der Waals surface area contributed by atoms with E-state index >= 15 is 0 Å². The SMILES string of the molecule is CCN(CCO)C(=O)c1cnc2[nH]c3ccc(N(C)S(=O)(=O)c4cccs4)cc3c2c1-c1ccccc1. The third-order valence-corrected chi connectivity index (χ3v) is 9.57. The first-order valence-corrected chi connectivity index (χ1v) is 14.1. The molecule has 3 aromatic heterocycles. The minimum Gasteiger partial charge on any atom is -0.395 e. The molecule has 0 spiro atoms. The highest BCUT2D eigenvalue weighted by Gasteiger charge is 2.25. The summed E-state index contributed by atoms with van der Waals surface area (Å²) >= 11 is 1.17. The van der Waals surface area contributed by atoms with Gasteiger partial charge in [0.25, 0.3) is 15.9 Å². The fourth-order valence-corrected chi connectivity index (χ4v) is 6.83. The molecule has 0 radical (unpaired) electrons. The molecule has 0 atom stereocenters. The number of nitrogens with zero attached hydrogens (tertiary/aromatic N) is 3. The van der Waals surface area contributed by atoms with Gasteiger partial charge >= 0.3 is 0 Å². The third kappa shape index (κ3) is 4.37. The Kier molecular flexibility index (Phi) is 6.72. The highest BCUT2D eigenvalue weighted by molar-refractivity contribution is 7.94. The molecule has 37 heavy (non-hydrogen) atoms. The van der Waals surface area contributed by atoms with Gasteiger partial charge in [-0.05, 0) is 42.1 Å². The predicted octanol–water partition coefficient (Wildman–Crippen LogP) is 4.72. The number of sulfonamides is 1. The van der Waals surface area contributed by atoms with E-state index in [0.717, 1.165) is 21.9 Å². The van der Waals surface area contributed by atoms with Crippen LogP contribution in [-0.2, 0) is 10.0 Å². The van der Waals surface area contributed by atoms with Crippen LogP contribution in [0.15, 0.2) is 76.4 Å². The van der Waals surface area contributed by atoms with Crippen molar-refractivity contribution in [3.05, 3.63) is 77.8 Å². The lowest BCUT2D eigenvalue weighted by atomic mass is 9.95. The number of hydrogen-bond donors (Lipinski definition) is 2. The minimum absolute atomic E-state index is 0.141. The molecule has 0 saturated carbocycles. The van der Waals surface area contributed by atoms with Gasteiger partial charge in [0.15, 0.2) is 0 Å².